The van der Waals surface area contributed by atoms with Gasteiger partial charge in [-0.25, -0.2) is 4.79 Å². The van der Waals surface area contributed by atoms with Gasteiger partial charge in [-0.3, -0.25) is 0 Å². The van der Waals surface area contributed by atoms with Crippen LogP contribution in [-0.2, 0) is 11.3 Å². The van der Waals surface area contributed by atoms with E-state index in [2.05, 4.69) is 0 Å². The number of carbonyl (C=O) groups excluding carboxylic acids is 1. The molecular weight excluding hydrogens is 354 g/mol. The number of carbonyl (C=O) groups is 1. The Bertz CT molecular complexity index is 971. The van der Waals surface area contributed by atoms with Gasteiger partial charge in [-0.2, -0.15) is 0 Å². The lowest BCUT2D eigenvalue weighted by atomic mass is 10.00. The van der Waals surface area contributed by atoms with E-state index < -0.39 is 5.97 Å². The van der Waals surface area contributed by atoms with E-state index in [1.165, 1.54) is 24.2 Å². The van der Waals surface area contributed by atoms with Gasteiger partial charge in [0, 0.05) is 10.9 Å². The quantitative estimate of drug-likeness (QED) is 0.665. The van der Waals surface area contributed by atoms with Gasteiger partial charge in [0.1, 0.15) is 29.2 Å². The SMILES string of the molecule is CCOC(=O)c1c(-c2ccccc2)oc2ccc(O)c(C[NH+]3CCCCC3)c12. The van der Waals surface area contributed by atoms with Crippen molar-refractivity contribution in [3.8, 4) is 17.1 Å². The first kappa shape index (κ1) is 18.6. The summed E-state index contributed by atoms with van der Waals surface area (Å²) in [4.78, 5) is 14.3. The van der Waals surface area contributed by atoms with Gasteiger partial charge in [-0.15, -0.1) is 0 Å². The molecule has 1 aliphatic rings. The van der Waals surface area contributed by atoms with Crippen molar-refractivity contribution in [1.29, 1.82) is 0 Å². The highest BCUT2D eigenvalue weighted by Gasteiger charge is 2.28. The highest BCUT2D eigenvalue weighted by atomic mass is 16.5. The fourth-order valence-corrected chi connectivity index (χ4v) is 4.10. The second-order valence-corrected chi connectivity index (χ2v) is 7.32. The van der Waals surface area contributed by atoms with Gasteiger partial charge < -0.3 is 19.2 Å². The molecule has 4 rings (SSSR count). The van der Waals surface area contributed by atoms with Crippen LogP contribution in [0.1, 0.15) is 42.1 Å². The molecule has 2 N–H and O–H groups in total. The summed E-state index contributed by atoms with van der Waals surface area (Å²) >= 11 is 0. The number of quaternary nitrogens is 1. The molecule has 28 heavy (non-hydrogen) atoms. The molecule has 0 atom stereocenters. The first-order chi connectivity index (χ1) is 13.7. The van der Waals surface area contributed by atoms with Crippen molar-refractivity contribution in [3.63, 3.8) is 0 Å². The maximum absolute atomic E-state index is 12.9. The van der Waals surface area contributed by atoms with Gasteiger partial charge in [-0.05, 0) is 38.3 Å². The Balaban J connectivity index is 1.90. The minimum atomic E-state index is -0.416. The van der Waals surface area contributed by atoms with E-state index in [-0.39, 0.29) is 12.4 Å². The molecule has 1 fully saturated rings. The summed E-state index contributed by atoms with van der Waals surface area (Å²) in [7, 11) is 0. The van der Waals surface area contributed by atoms with Crippen molar-refractivity contribution in [1.82, 2.24) is 0 Å². The minimum Gasteiger partial charge on any atom is -0.507 e. The van der Waals surface area contributed by atoms with Crippen molar-refractivity contribution < 1.29 is 24.0 Å². The molecule has 3 aromatic rings. The molecular formula is C23H26NO4+. The van der Waals surface area contributed by atoms with Gasteiger partial charge in [0.05, 0.1) is 25.3 Å². The number of hydrogen-bond acceptors (Lipinski definition) is 4. The number of piperidine rings is 1. The molecule has 5 heteroatoms. The van der Waals surface area contributed by atoms with E-state index in [1.807, 2.05) is 30.3 Å². The van der Waals surface area contributed by atoms with Crippen molar-refractivity contribution >= 4 is 16.9 Å². The summed E-state index contributed by atoms with van der Waals surface area (Å²) in [6.07, 6.45) is 3.65. The maximum Gasteiger partial charge on any atom is 0.342 e. The molecule has 0 spiro atoms. The number of benzene rings is 2. The Morgan fingerprint density at radius 2 is 1.86 bits per heavy atom. The molecule has 0 saturated carbocycles. The lowest BCUT2D eigenvalue weighted by molar-refractivity contribution is -0.918. The summed E-state index contributed by atoms with van der Waals surface area (Å²) in [5.41, 5.74) is 2.59. The van der Waals surface area contributed by atoms with E-state index >= 15 is 0 Å². The first-order valence-corrected chi connectivity index (χ1v) is 10.0. The third-order valence-electron chi connectivity index (χ3n) is 5.44. The number of phenolic OH excluding ortho intramolecular Hbond substituents is 1. The summed E-state index contributed by atoms with van der Waals surface area (Å²) < 4.78 is 11.5. The van der Waals surface area contributed by atoms with Crippen LogP contribution in [0.3, 0.4) is 0 Å². The molecule has 0 bridgehead atoms. The molecule has 5 nitrogen and oxygen atoms in total. The van der Waals surface area contributed by atoms with E-state index in [1.54, 1.807) is 19.1 Å². The Labute approximate surface area is 164 Å². The standard InChI is InChI=1S/C23H25NO4/c1-2-27-23(26)21-20-17(15-24-13-7-4-8-14-24)18(25)11-12-19(20)28-22(21)16-9-5-3-6-10-16/h3,5-6,9-12,25H,2,4,7-8,13-15H2,1H3/p+1. The van der Waals surface area contributed by atoms with Crippen LogP contribution in [0.4, 0.5) is 0 Å². The lowest BCUT2D eigenvalue weighted by Gasteiger charge is -2.24. The smallest absolute Gasteiger partial charge is 0.342 e. The molecule has 1 aromatic heterocycles. The van der Waals surface area contributed by atoms with Crippen LogP contribution in [0.15, 0.2) is 46.9 Å². The monoisotopic (exact) mass is 380 g/mol. The summed E-state index contributed by atoms with van der Waals surface area (Å²) in [6, 6.07) is 13.0. The molecule has 0 unspecified atom stereocenters. The second-order valence-electron chi connectivity index (χ2n) is 7.32. The van der Waals surface area contributed by atoms with Gasteiger partial charge in [-0.1, -0.05) is 30.3 Å². The number of ether oxygens (including phenoxy) is 1. The van der Waals surface area contributed by atoms with Gasteiger partial charge in [0.2, 0.25) is 0 Å². The zero-order chi connectivity index (χ0) is 19.5. The van der Waals surface area contributed by atoms with Crippen LogP contribution in [-0.4, -0.2) is 30.8 Å². The van der Waals surface area contributed by atoms with Crippen molar-refractivity contribution in [2.75, 3.05) is 19.7 Å². The van der Waals surface area contributed by atoms with Gasteiger partial charge in [0.15, 0.2) is 0 Å². The first-order valence-electron chi connectivity index (χ1n) is 10.0. The van der Waals surface area contributed by atoms with E-state index in [0.29, 0.717) is 28.8 Å². The number of fused-ring (bicyclic) bond motifs is 1. The molecule has 0 amide bonds. The number of esters is 1. The van der Waals surface area contributed by atoms with Crippen molar-refractivity contribution in [3.05, 3.63) is 53.6 Å². The summed E-state index contributed by atoms with van der Waals surface area (Å²) in [6.45, 7) is 4.90. The van der Waals surface area contributed by atoms with Gasteiger partial charge in [0.25, 0.3) is 0 Å². The van der Waals surface area contributed by atoms with Crippen molar-refractivity contribution in [2.24, 2.45) is 0 Å². The van der Waals surface area contributed by atoms with E-state index in [0.717, 1.165) is 24.2 Å². The average Bonchev–Trinajstić information content (AvgIpc) is 3.12. The summed E-state index contributed by atoms with van der Waals surface area (Å²) in [5.74, 6) is 0.284. The zero-order valence-corrected chi connectivity index (χ0v) is 16.2. The van der Waals surface area contributed by atoms with Crippen LogP contribution in [0.2, 0.25) is 0 Å². The minimum absolute atomic E-state index is 0.205. The fraction of sp³-hybridized carbons (Fsp3) is 0.348. The Kier molecular flexibility index (Phi) is 5.35. The van der Waals surface area contributed by atoms with Crippen LogP contribution in [0, 0.1) is 0 Å². The lowest BCUT2D eigenvalue weighted by Crippen LogP contribution is -3.11. The van der Waals surface area contributed by atoms with Crippen LogP contribution in [0.5, 0.6) is 5.75 Å². The topological polar surface area (TPSA) is 64.1 Å². The van der Waals surface area contributed by atoms with Crippen LogP contribution >= 0.6 is 0 Å². The Morgan fingerprint density at radius 1 is 1.11 bits per heavy atom. The number of aromatic hydroxyl groups is 1. The van der Waals surface area contributed by atoms with Crippen LogP contribution < -0.4 is 4.90 Å². The Morgan fingerprint density at radius 3 is 2.57 bits per heavy atom. The number of phenols is 1. The molecule has 1 aliphatic heterocycles. The number of rotatable bonds is 5. The third kappa shape index (κ3) is 3.50. The average molecular weight is 380 g/mol. The number of likely N-dealkylation sites (tertiary alicyclic amines) is 1. The fourth-order valence-electron chi connectivity index (χ4n) is 4.10. The predicted molar refractivity (Wildman–Crippen MR) is 108 cm³/mol. The molecule has 2 heterocycles. The molecule has 0 radical (unpaired) electrons. The molecule has 0 aliphatic carbocycles. The van der Waals surface area contributed by atoms with Crippen LogP contribution in [0.25, 0.3) is 22.3 Å². The third-order valence-corrected chi connectivity index (χ3v) is 5.44. The van der Waals surface area contributed by atoms with Gasteiger partial charge >= 0.3 is 5.97 Å². The molecule has 146 valence electrons. The predicted octanol–water partition coefficient (Wildman–Crippen LogP) is 3.55. The highest BCUT2D eigenvalue weighted by Crippen LogP contribution is 2.38. The summed E-state index contributed by atoms with van der Waals surface area (Å²) in [5, 5.41) is 11.3. The highest BCUT2D eigenvalue weighted by molar-refractivity contribution is 6.10. The second kappa shape index (κ2) is 8.07. The van der Waals surface area contributed by atoms with E-state index in [9.17, 15) is 9.90 Å². The largest absolute Gasteiger partial charge is 0.507 e. The maximum atomic E-state index is 12.9. The number of hydrogen-bond donors (Lipinski definition) is 2. The van der Waals surface area contributed by atoms with Crippen molar-refractivity contribution in [2.45, 2.75) is 32.7 Å². The van der Waals surface area contributed by atoms with E-state index in [4.69, 9.17) is 9.15 Å². The normalized spacial score (nSPS) is 15.0. The molecule has 1 saturated heterocycles. The Hall–Kier alpha value is -2.79. The zero-order valence-electron chi connectivity index (χ0n) is 16.2. The number of furan rings is 1. The molecule has 2 aromatic carbocycles. The number of nitrogens with one attached hydrogen (secondary N) is 1.